The molecule has 1 unspecified atom stereocenters. The first-order valence-corrected chi connectivity index (χ1v) is 12.8. The maximum absolute atomic E-state index is 14.0. The van der Waals surface area contributed by atoms with Crippen LogP contribution < -0.4 is 10.0 Å². The summed E-state index contributed by atoms with van der Waals surface area (Å²) in [6.45, 7) is 3.40. The number of hydrogen-bond donors (Lipinski definition) is 2. The maximum Gasteiger partial charge on any atom is 0.267 e. The van der Waals surface area contributed by atoms with Gasteiger partial charge in [-0.05, 0) is 34.4 Å². The zero-order valence-corrected chi connectivity index (χ0v) is 20.5. The fourth-order valence-corrected chi connectivity index (χ4v) is 4.70. The summed E-state index contributed by atoms with van der Waals surface area (Å²) in [5, 5.41) is 8.57. The Bertz CT molecular complexity index is 1530. The molecule has 0 spiro atoms. The number of halogens is 1. The Morgan fingerprint density at radius 2 is 1.69 bits per heavy atom. The molecule has 0 bridgehead atoms. The molecule has 8 nitrogen and oxygen atoms in total. The summed E-state index contributed by atoms with van der Waals surface area (Å²) in [7, 11) is -4.31. The number of hydrogen-bond acceptors (Lipinski definition) is 5. The van der Waals surface area contributed by atoms with Crippen LogP contribution in [0, 0.1) is 11.7 Å². The minimum absolute atomic E-state index is 0.0312. The third-order valence-corrected chi connectivity index (χ3v) is 6.95. The van der Waals surface area contributed by atoms with Crippen LogP contribution in [0.2, 0.25) is 0 Å². The molecule has 4 aromatic rings. The number of rotatable bonds is 8. The Hall–Kier alpha value is -4.05. The van der Waals surface area contributed by atoms with Crippen molar-refractivity contribution < 1.29 is 22.4 Å². The number of benzene rings is 3. The predicted molar refractivity (Wildman–Crippen MR) is 133 cm³/mol. The van der Waals surface area contributed by atoms with Gasteiger partial charge in [0.2, 0.25) is 5.91 Å². The minimum Gasteiger partial charge on any atom is -0.344 e. The SMILES string of the molecule is CC(C)C(NC(=O)Cc1ccc2ccccc2c1)C(=O)NS(=O)(=O)c1cnn(-c2ccccc2F)c1. The van der Waals surface area contributed by atoms with Gasteiger partial charge in [-0.25, -0.2) is 22.2 Å². The molecule has 0 aliphatic rings. The van der Waals surface area contributed by atoms with Crippen LogP contribution in [-0.2, 0) is 26.0 Å². The molecule has 2 amide bonds. The number of aromatic nitrogens is 2. The fourth-order valence-electron chi connectivity index (χ4n) is 3.76. The Balaban J connectivity index is 1.45. The first-order chi connectivity index (χ1) is 17.1. The van der Waals surface area contributed by atoms with E-state index in [1.807, 2.05) is 47.2 Å². The molecule has 3 aromatic carbocycles. The monoisotopic (exact) mass is 508 g/mol. The van der Waals surface area contributed by atoms with Gasteiger partial charge in [-0.1, -0.05) is 68.4 Å². The molecule has 2 N–H and O–H groups in total. The number of carbonyl (C=O) groups is 2. The van der Waals surface area contributed by atoms with Crippen molar-refractivity contribution in [1.29, 1.82) is 0 Å². The lowest BCUT2D eigenvalue weighted by atomic mass is 10.0. The first kappa shape index (κ1) is 25.1. The van der Waals surface area contributed by atoms with Gasteiger partial charge in [0.15, 0.2) is 0 Å². The normalized spacial score (nSPS) is 12.4. The molecule has 0 saturated carbocycles. The standard InChI is InChI=1S/C26H25FN4O4S/c1-17(2)25(29-24(32)14-18-11-12-19-7-3-4-8-20(19)13-18)26(33)30-36(34,35)21-15-28-31(16-21)23-10-6-5-9-22(23)27/h3-13,15-17,25H,14H2,1-2H3,(H,29,32)(H,30,33). The Kier molecular flexibility index (Phi) is 7.16. The van der Waals surface area contributed by atoms with E-state index in [0.29, 0.717) is 0 Å². The van der Waals surface area contributed by atoms with Crippen LogP contribution in [0.4, 0.5) is 4.39 Å². The second-order valence-electron chi connectivity index (χ2n) is 8.69. The van der Waals surface area contributed by atoms with Crippen molar-refractivity contribution in [2.24, 2.45) is 5.92 Å². The second kappa shape index (κ2) is 10.3. The van der Waals surface area contributed by atoms with Gasteiger partial charge in [-0.3, -0.25) is 9.59 Å². The maximum atomic E-state index is 14.0. The average molecular weight is 509 g/mol. The van der Waals surface area contributed by atoms with Crippen molar-refractivity contribution in [2.75, 3.05) is 0 Å². The van der Waals surface area contributed by atoms with E-state index in [0.717, 1.165) is 33.4 Å². The molecule has 4 rings (SSSR count). The minimum atomic E-state index is -4.31. The van der Waals surface area contributed by atoms with E-state index in [2.05, 4.69) is 10.4 Å². The number of sulfonamides is 1. The Labute approximate surface area is 208 Å². The molecule has 0 saturated heterocycles. The van der Waals surface area contributed by atoms with E-state index in [-0.39, 0.29) is 22.9 Å². The van der Waals surface area contributed by atoms with E-state index in [1.165, 1.54) is 18.2 Å². The lowest BCUT2D eigenvalue weighted by Gasteiger charge is -2.21. The Morgan fingerprint density at radius 1 is 1.00 bits per heavy atom. The average Bonchev–Trinajstić information content (AvgIpc) is 3.33. The molecular formula is C26H25FN4O4S. The summed E-state index contributed by atoms with van der Waals surface area (Å²) in [5.41, 5.74) is 0.827. The van der Waals surface area contributed by atoms with Crippen LogP contribution >= 0.6 is 0 Å². The number of carbonyl (C=O) groups excluding carboxylic acids is 2. The molecule has 1 atom stereocenters. The molecule has 0 aliphatic heterocycles. The highest BCUT2D eigenvalue weighted by molar-refractivity contribution is 7.90. The topological polar surface area (TPSA) is 110 Å². The summed E-state index contributed by atoms with van der Waals surface area (Å²) in [5.74, 6) is -2.26. The van der Waals surface area contributed by atoms with Crippen LogP contribution in [0.15, 0.2) is 84.0 Å². The summed E-state index contributed by atoms with van der Waals surface area (Å²) in [6.07, 6.45) is 2.16. The van der Waals surface area contributed by atoms with E-state index in [4.69, 9.17) is 0 Å². The number of para-hydroxylation sites is 1. The largest absolute Gasteiger partial charge is 0.344 e. The summed E-state index contributed by atoms with van der Waals surface area (Å²) >= 11 is 0. The molecule has 10 heteroatoms. The van der Waals surface area contributed by atoms with Gasteiger partial charge in [0, 0.05) is 0 Å². The smallest absolute Gasteiger partial charge is 0.267 e. The van der Waals surface area contributed by atoms with Crippen LogP contribution in [0.3, 0.4) is 0 Å². The van der Waals surface area contributed by atoms with Gasteiger partial charge in [-0.15, -0.1) is 0 Å². The van der Waals surface area contributed by atoms with Gasteiger partial charge in [0.05, 0.1) is 18.8 Å². The molecular weight excluding hydrogens is 483 g/mol. The van der Waals surface area contributed by atoms with Crippen LogP contribution in [0.5, 0.6) is 0 Å². The van der Waals surface area contributed by atoms with Gasteiger partial charge in [0.25, 0.3) is 15.9 Å². The lowest BCUT2D eigenvalue weighted by molar-refractivity contribution is -0.128. The number of nitrogens with zero attached hydrogens (tertiary/aromatic N) is 2. The van der Waals surface area contributed by atoms with E-state index >= 15 is 0 Å². The predicted octanol–water partition coefficient (Wildman–Crippen LogP) is 3.35. The fraction of sp³-hybridized carbons (Fsp3) is 0.192. The molecule has 0 fully saturated rings. The molecule has 0 radical (unpaired) electrons. The Morgan fingerprint density at radius 3 is 2.42 bits per heavy atom. The molecule has 1 heterocycles. The number of nitrogens with one attached hydrogen (secondary N) is 2. The van der Waals surface area contributed by atoms with E-state index < -0.39 is 33.7 Å². The molecule has 1 aromatic heterocycles. The van der Waals surface area contributed by atoms with Gasteiger partial charge in [0.1, 0.15) is 22.4 Å². The van der Waals surface area contributed by atoms with Crippen molar-refractivity contribution in [3.63, 3.8) is 0 Å². The van der Waals surface area contributed by atoms with Crippen molar-refractivity contribution in [1.82, 2.24) is 19.8 Å². The van der Waals surface area contributed by atoms with Crippen molar-refractivity contribution in [3.05, 3.63) is 90.5 Å². The van der Waals surface area contributed by atoms with Gasteiger partial charge >= 0.3 is 0 Å². The molecule has 36 heavy (non-hydrogen) atoms. The number of fused-ring (bicyclic) bond motifs is 1. The van der Waals surface area contributed by atoms with Crippen molar-refractivity contribution >= 4 is 32.6 Å². The lowest BCUT2D eigenvalue weighted by Crippen LogP contribution is -2.51. The van der Waals surface area contributed by atoms with E-state index in [9.17, 15) is 22.4 Å². The molecule has 0 aliphatic carbocycles. The summed E-state index contributed by atoms with van der Waals surface area (Å²) < 4.78 is 42.7. The van der Waals surface area contributed by atoms with Crippen LogP contribution in [0.1, 0.15) is 19.4 Å². The van der Waals surface area contributed by atoms with Crippen molar-refractivity contribution in [2.45, 2.75) is 31.2 Å². The highest BCUT2D eigenvalue weighted by atomic mass is 32.2. The van der Waals surface area contributed by atoms with Crippen molar-refractivity contribution in [3.8, 4) is 5.69 Å². The summed E-state index contributed by atoms with van der Waals surface area (Å²) in [4.78, 5) is 25.3. The highest BCUT2D eigenvalue weighted by Crippen LogP contribution is 2.17. The molecule has 186 valence electrons. The highest BCUT2D eigenvalue weighted by Gasteiger charge is 2.29. The third kappa shape index (κ3) is 5.60. The van der Waals surface area contributed by atoms with Gasteiger partial charge < -0.3 is 5.32 Å². The first-order valence-electron chi connectivity index (χ1n) is 11.3. The third-order valence-electron chi connectivity index (χ3n) is 5.65. The zero-order chi connectivity index (χ0) is 25.9. The van der Waals surface area contributed by atoms with Crippen LogP contribution in [0.25, 0.3) is 16.5 Å². The number of amides is 2. The van der Waals surface area contributed by atoms with E-state index in [1.54, 1.807) is 19.9 Å². The zero-order valence-electron chi connectivity index (χ0n) is 19.7. The van der Waals surface area contributed by atoms with Gasteiger partial charge in [-0.2, -0.15) is 5.10 Å². The second-order valence-corrected chi connectivity index (χ2v) is 10.4. The summed E-state index contributed by atoms with van der Waals surface area (Å²) in [6, 6.07) is 18.1. The quantitative estimate of drug-likeness (QED) is 0.379. The van der Waals surface area contributed by atoms with Crippen LogP contribution in [-0.4, -0.2) is 36.1 Å².